The Labute approximate surface area is 181 Å². The summed E-state index contributed by atoms with van der Waals surface area (Å²) in [4.78, 5) is 20.4. The third-order valence-electron chi connectivity index (χ3n) is 5.22. The lowest BCUT2D eigenvalue weighted by atomic mass is 9.91. The molecule has 0 bridgehead atoms. The van der Waals surface area contributed by atoms with Gasteiger partial charge in [-0.05, 0) is 31.5 Å². The second kappa shape index (κ2) is 8.17. The molecular weight excluding hydrogens is 390 g/mol. The maximum atomic E-state index is 12.3. The maximum absolute atomic E-state index is 12.3. The molecule has 31 heavy (non-hydrogen) atoms. The summed E-state index contributed by atoms with van der Waals surface area (Å²) in [7, 11) is 1.84. The van der Waals surface area contributed by atoms with Crippen molar-refractivity contribution in [2.24, 2.45) is 17.8 Å². The molecule has 1 aliphatic heterocycles. The standard InChI is InChI=1S/C24H23N5O2/c1-14(2)31-22-7-5-6-17(23(22)26-3)24-19(12-28-29(24)4)15-8-9-16-18(10-15)20(11-25)27-13-21(16)30/h5-10,12,14H,11,13,25H2,1-2,4H3. The first-order valence-corrected chi connectivity index (χ1v) is 10.1. The number of nitrogens with zero attached hydrogens (tertiary/aromatic N) is 4. The van der Waals surface area contributed by atoms with E-state index in [0.29, 0.717) is 17.0 Å². The highest BCUT2D eigenvalue weighted by atomic mass is 16.5. The van der Waals surface area contributed by atoms with Crippen LogP contribution in [0, 0.1) is 6.57 Å². The second-order valence-corrected chi connectivity index (χ2v) is 7.61. The summed E-state index contributed by atoms with van der Waals surface area (Å²) in [5.74, 6) is 0.530. The quantitative estimate of drug-likeness (QED) is 0.640. The Hall–Kier alpha value is -3.76. The van der Waals surface area contributed by atoms with E-state index in [1.165, 1.54) is 0 Å². The molecule has 0 saturated heterocycles. The Balaban J connectivity index is 1.89. The normalized spacial score (nSPS) is 13.0. The fourth-order valence-corrected chi connectivity index (χ4v) is 3.85. The molecule has 7 heteroatoms. The molecular formula is C24H23N5O2. The molecule has 0 unspecified atom stereocenters. The topological polar surface area (TPSA) is 86.9 Å². The van der Waals surface area contributed by atoms with Gasteiger partial charge in [0.15, 0.2) is 5.78 Å². The Bertz CT molecular complexity index is 1250. The van der Waals surface area contributed by atoms with Gasteiger partial charge in [0.2, 0.25) is 5.69 Å². The molecule has 0 radical (unpaired) electrons. The number of carbonyl (C=O) groups is 1. The van der Waals surface area contributed by atoms with Gasteiger partial charge in [-0.1, -0.05) is 24.3 Å². The summed E-state index contributed by atoms with van der Waals surface area (Å²) in [6, 6.07) is 11.2. The number of nitrogens with two attached hydrogens (primary N) is 1. The fraction of sp³-hybridized carbons (Fsp3) is 0.250. The largest absolute Gasteiger partial charge is 0.502 e. The number of benzene rings is 2. The number of fused-ring (bicyclic) bond motifs is 1. The van der Waals surface area contributed by atoms with Crippen molar-refractivity contribution in [2.75, 3.05) is 13.1 Å². The van der Waals surface area contributed by atoms with Gasteiger partial charge in [0.25, 0.3) is 0 Å². The van der Waals surface area contributed by atoms with Crippen molar-refractivity contribution in [3.05, 3.63) is 65.1 Å². The van der Waals surface area contributed by atoms with Crippen LogP contribution in [0.2, 0.25) is 0 Å². The van der Waals surface area contributed by atoms with Gasteiger partial charge in [-0.15, -0.1) is 0 Å². The summed E-state index contributed by atoms with van der Waals surface area (Å²) in [6.45, 7) is 12.0. The number of aryl methyl sites for hydroxylation is 1. The van der Waals surface area contributed by atoms with Crippen molar-refractivity contribution < 1.29 is 9.53 Å². The van der Waals surface area contributed by atoms with E-state index >= 15 is 0 Å². The van der Waals surface area contributed by atoms with Crippen molar-refractivity contribution in [1.29, 1.82) is 0 Å². The van der Waals surface area contributed by atoms with E-state index in [4.69, 9.17) is 17.0 Å². The number of ketones is 1. The van der Waals surface area contributed by atoms with Crippen LogP contribution in [-0.2, 0) is 7.05 Å². The zero-order valence-electron chi connectivity index (χ0n) is 17.7. The lowest BCUT2D eigenvalue weighted by Crippen LogP contribution is -2.24. The molecule has 0 fully saturated rings. The molecule has 0 aliphatic carbocycles. The van der Waals surface area contributed by atoms with E-state index in [1.54, 1.807) is 16.9 Å². The van der Waals surface area contributed by atoms with E-state index in [0.717, 1.165) is 33.7 Å². The van der Waals surface area contributed by atoms with Crippen LogP contribution in [0.4, 0.5) is 5.69 Å². The second-order valence-electron chi connectivity index (χ2n) is 7.61. The summed E-state index contributed by atoms with van der Waals surface area (Å²) < 4.78 is 7.62. The average Bonchev–Trinajstić information content (AvgIpc) is 3.14. The maximum Gasteiger partial charge on any atom is 0.237 e. The van der Waals surface area contributed by atoms with Crippen molar-refractivity contribution in [1.82, 2.24) is 9.78 Å². The number of hydrogen-bond acceptors (Lipinski definition) is 5. The van der Waals surface area contributed by atoms with Crippen LogP contribution >= 0.6 is 0 Å². The summed E-state index contributed by atoms with van der Waals surface area (Å²) >= 11 is 0. The highest BCUT2D eigenvalue weighted by molar-refractivity contribution is 6.16. The number of aliphatic imine (C=N–C) groups is 1. The number of Topliss-reactive ketones (excluding diaryl/α,β-unsaturated/α-hetero) is 1. The zero-order valence-corrected chi connectivity index (χ0v) is 17.7. The molecule has 1 aromatic heterocycles. The van der Waals surface area contributed by atoms with Gasteiger partial charge in [0, 0.05) is 35.8 Å². The number of ether oxygens (including phenoxy) is 1. The highest BCUT2D eigenvalue weighted by Gasteiger charge is 2.23. The number of para-hydroxylation sites is 1. The van der Waals surface area contributed by atoms with Gasteiger partial charge in [0.05, 0.1) is 30.3 Å². The molecule has 2 N–H and O–H groups in total. The van der Waals surface area contributed by atoms with E-state index < -0.39 is 0 Å². The molecule has 0 amide bonds. The van der Waals surface area contributed by atoms with Crippen LogP contribution in [0.15, 0.2) is 47.6 Å². The van der Waals surface area contributed by atoms with Gasteiger partial charge >= 0.3 is 0 Å². The Morgan fingerprint density at radius 3 is 2.71 bits per heavy atom. The Kier molecular flexibility index (Phi) is 5.40. The minimum atomic E-state index is -0.0473. The zero-order chi connectivity index (χ0) is 22.1. The van der Waals surface area contributed by atoms with Crippen LogP contribution < -0.4 is 10.5 Å². The molecule has 0 saturated carbocycles. The SMILES string of the molecule is [C-]#[N+]c1c(OC(C)C)cccc1-c1c(-c2ccc3c(c2)C(CN)=NCC3=O)cnn1C. The molecule has 156 valence electrons. The van der Waals surface area contributed by atoms with Crippen LogP contribution in [-0.4, -0.2) is 40.5 Å². The van der Waals surface area contributed by atoms with Gasteiger partial charge in [0.1, 0.15) is 12.3 Å². The minimum absolute atomic E-state index is 0.0148. The number of rotatable bonds is 5. The van der Waals surface area contributed by atoms with E-state index in [2.05, 4.69) is 14.9 Å². The van der Waals surface area contributed by atoms with E-state index in [1.807, 2.05) is 51.2 Å². The van der Waals surface area contributed by atoms with Crippen molar-refractivity contribution >= 4 is 17.2 Å². The lowest BCUT2D eigenvalue weighted by molar-refractivity contribution is 0.1000. The minimum Gasteiger partial charge on any atom is -0.502 e. The lowest BCUT2D eigenvalue weighted by Gasteiger charge is -2.17. The summed E-state index contributed by atoms with van der Waals surface area (Å²) in [6.07, 6.45) is 1.72. The van der Waals surface area contributed by atoms with Gasteiger partial charge in [-0.2, -0.15) is 5.10 Å². The first-order chi connectivity index (χ1) is 14.9. The van der Waals surface area contributed by atoms with Crippen molar-refractivity contribution in [2.45, 2.75) is 20.0 Å². The highest BCUT2D eigenvalue weighted by Crippen LogP contribution is 2.42. The summed E-state index contributed by atoms with van der Waals surface area (Å²) in [5.41, 5.74) is 11.7. The smallest absolute Gasteiger partial charge is 0.237 e. The van der Waals surface area contributed by atoms with E-state index in [9.17, 15) is 4.79 Å². The predicted molar refractivity (Wildman–Crippen MR) is 121 cm³/mol. The van der Waals surface area contributed by atoms with Crippen molar-refractivity contribution in [3.8, 4) is 28.1 Å². The number of carbonyl (C=O) groups excluding carboxylic acids is 1. The fourth-order valence-electron chi connectivity index (χ4n) is 3.85. The average molecular weight is 413 g/mol. The molecule has 1 aliphatic rings. The van der Waals surface area contributed by atoms with Crippen LogP contribution in [0.5, 0.6) is 5.75 Å². The third-order valence-corrected chi connectivity index (χ3v) is 5.22. The Morgan fingerprint density at radius 1 is 1.19 bits per heavy atom. The van der Waals surface area contributed by atoms with Crippen molar-refractivity contribution in [3.63, 3.8) is 0 Å². The monoisotopic (exact) mass is 413 g/mol. The molecule has 0 atom stereocenters. The summed E-state index contributed by atoms with van der Waals surface area (Å²) in [5, 5.41) is 4.45. The van der Waals surface area contributed by atoms with Crippen LogP contribution in [0.25, 0.3) is 27.2 Å². The van der Waals surface area contributed by atoms with E-state index in [-0.39, 0.29) is 25.0 Å². The first-order valence-electron chi connectivity index (χ1n) is 10.1. The van der Waals surface area contributed by atoms with Crippen LogP contribution in [0.1, 0.15) is 29.8 Å². The van der Waals surface area contributed by atoms with Crippen LogP contribution in [0.3, 0.4) is 0 Å². The third kappa shape index (κ3) is 3.62. The molecule has 4 rings (SSSR count). The van der Waals surface area contributed by atoms with Gasteiger partial charge in [-0.3, -0.25) is 14.5 Å². The predicted octanol–water partition coefficient (Wildman–Crippen LogP) is 4.04. The molecule has 2 aromatic carbocycles. The van der Waals surface area contributed by atoms with Gasteiger partial charge < -0.3 is 10.5 Å². The number of aromatic nitrogens is 2. The number of hydrogen-bond donors (Lipinski definition) is 1. The molecule has 0 spiro atoms. The molecule has 2 heterocycles. The first kappa shape index (κ1) is 20.5. The van der Waals surface area contributed by atoms with Gasteiger partial charge in [-0.25, -0.2) is 4.85 Å². The molecule has 3 aromatic rings. The Morgan fingerprint density at radius 2 is 2.00 bits per heavy atom. The molecule has 7 nitrogen and oxygen atoms in total.